The molecule has 0 spiro atoms. The fourth-order valence-electron chi connectivity index (χ4n) is 4.03. The van der Waals surface area contributed by atoms with Crippen LogP contribution in [0.25, 0.3) is 0 Å². The van der Waals surface area contributed by atoms with Crippen molar-refractivity contribution < 1.29 is 23.1 Å². The number of methoxy groups -OCH3 is 2. The van der Waals surface area contributed by atoms with Gasteiger partial charge in [-0.3, -0.25) is 9.69 Å². The van der Waals surface area contributed by atoms with Crippen LogP contribution in [0.3, 0.4) is 0 Å². The van der Waals surface area contributed by atoms with Crippen LogP contribution >= 0.6 is 0 Å². The molecule has 1 aliphatic rings. The third-order valence-electron chi connectivity index (χ3n) is 5.39. The van der Waals surface area contributed by atoms with E-state index in [-0.39, 0.29) is 30.2 Å². The van der Waals surface area contributed by atoms with Gasteiger partial charge in [-0.2, -0.15) is 0 Å². The molecule has 2 atom stereocenters. The van der Waals surface area contributed by atoms with Crippen molar-refractivity contribution in [2.75, 3.05) is 53.6 Å². The van der Waals surface area contributed by atoms with Crippen molar-refractivity contribution in [2.45, 2.75) is 12.5 Å². The lowest BCUT2D eigenvalue weighted by molar-refractivity contribution is -0.136. The summed E-state index contributed by atoms with van der Waals surface area (Å²) in [7, 11) is 3.14. The molecule has 7 heteroatoms. The molecule has 1 amide bonds. The van der Waals surface area contributed by atoms with Crippen LogP contribution in [0.15, 0.2) is 47.1 Å². The number of halogens is 1. The molecular weight excluding hydrogens is 375 g/mol. The molecule has 0 aliphatic carbocycles. The van der Waals surface area contributed by atoms with Crippen molar-refractivity contribution in [3.05, 3.63) is 59.8 Å². The summed E-state index contributed by atoms with van der Waals surface area (Å²) in [5, 5.41) is 0. The van der Waals surface area contributed by atoms with Crippen molar-refractivity contribution in [3.63, 3.8) is 0 Å². The summed E-state index contributed by atoms with van der Waals surface area (Å²) in [4.78, 5) is 16.6. The van der Waals surface area contributed by atoms with Crippen molar-refractivity contribution in [1.29, 1.82) is 0 Å². The van der Waals surface area contributed by atoms with Crippen LogP contribution in [0.2, 0.25) is 0 Å². The maximum absolute atomic E-state index is 13.9. The first-order valence-electron chi connectivity index (χ1n) is 9.86. The van der Waals surface area contributed by atoms with Crippen molar-refractivity contribution in [1.82, 2.24) is 9.80 Å². The lowest BCUT2D eigenvalue weighted by Crippen LogP contribution is -2.41. The minimum Gasteiger partial charge on any atom is -0.468 e. The number of nitrogens with zero attached hydrogens (tertiary/aromatic N) is 2. The second-order valence-corrected chi connectivity index (χ2v) is 7.46. The molecule has 0 saturated carbocycles. The van der Waals surface area contributed by atoms with E-state index in [1.807, 2.05) is 18.2 Å². The molecular formula is C22H29FN2O4. The molecule has 1 fully saturated rings. The van der Waals surface area contributed by atoms with Crippen LogP contribution in [-0.2, 0) is 20.8 Å². The first-order chi connectivity index (χ1) is 14.1. The molecule has 2 heterocycles. The Morgan fingerprint density at radius 2 is 2.10 bits per heavy atom. The van der Waals surface area contributed by atoms with Crippen LogP contribution in [0.1, 0.15) is 17.2 Å². The van der Waals surface area contributed by atoms with E-state index in [0.717, 1.165) is 24.4 Å². The van der Waals surface area contributed by atoms with Gasteiger partial charge < -0.3 is 18.8 Å². The molecule has 158 valence electrons. The van der Waals surface area contributed by atoms with E-state index in [4.69, 9.17) is 13.9 Å². The van der Waals surface area contributed by atoms with Crippen LogP contribution < -0.4 is 0 Å². The summed E-state index contributed by atoms with van der Waals surface area (Å²) in [5.74, 6) is 0.894. The third-order valence-corrected chi connectivity index (χ3v) is 5.39. The Morgan fingerprint density at radius 3 is 2.79 bits per heavy atom. The van der Waals surface area contributed by atoms with Crippen LogP contribution in [0, 0.1) is 11.7 Å². The SMILES string of the molecule is COCCN(C[C@H]1CN(Cc2ccco2)C[C@H]1c1cccc(F)c1)C(=O)COC. The summed E-state index contributed by atoms with van der Waals surface area (Å²) in [6.45, 7) is 3.85. The van der Waals surface area contributed by atoms with Gasteiger partial charge in [0.25, 0.3) is 0 Å². The number of hydrogen-bond donors (Lipinski definition) is 0. The van der Waals surface area contributed by atoms with Gasteiger partial charge in [0.15, 0.2) is 0 Å². The van der Waals surface area contributed by atoms with Gasteiger partial charge in [-0.15, -0.1) is 0 Å². The topological polar surface area (TPSA) is 55.2 Å². The zero-order valence-electron chi connectivity index (χ0n) is 17.1. The highest BCUT2D eigenvalue weighted by atomic mass is 19.1. The number of likely N-dealkylation sites (tertiary alicyclic amines) is 1. The zero-order chi connectivity index (χ0) is 20.6. The molecule has 0 N–H and O–H groups in total. The number of hydrogen-bond acceptors (Lipinski definition) is 5. The number of rotatable bonds is 10. The zero-order valence-corrected chi connectivity index (χ0v) is 17.1. The van der Waals surface area contributed by atoms with Crippen molar-refractivity contribution in [2.24, 2.45) is 5.92 Å². The standard InChI is InChI=1S/C22H29FN2O4/c1-27-10-8-25(22(26)16-28-2)13-18-12-24(14-20-7-4-9-29-20)15-21(18)17-5-3-6-19(23)11-17/h3-7,9,11,18,21H,8,10,12-16H2,1-2H3/t18-,21+/m1/s1. The highest BCUT2D eigenvalue weighted by Crippen LogP contribution is 2.34. The number of amides is 1. The van der Waals surface area contributed by atoms with E-state index >= 15 is 0 Å². The van der Waals surface area contributed by atoms with Gasteiger partial charge >= 0.3 is 0 Å². The molecule has 3 rings (SSSR count). The van der Waals surface area contributed by atoms with Gasteiger partial charge in [0.1, 0.15) is 18.2 Å². The number of furan rings is 1. The fourth-order valence-corrected chi connectivity index (χ4v) is 4.03. The van der Waals surface area contributed by atoms with Gasteiger partial charge in [0, 0.05) is 46.3 Å². The van der Waals surface area contributed by atoms with E-state index in [2.05, 4.69) is 4.90 Å². The van der Waals surface area contributed by atoms with E-state index in [1.165, 1.54) is 13.2 Å². The van der Waals surface area contributed by atoms with Crippen molar-refractivity contribution in [3.8, 4) is 0 Å². The second kappa shape index (κ2) is 10.5. The Balaban J connectivity index is 1.77. The molecule has 0 radical (unpaired) electrons. The average Bonchev–Trinajstić information content (AvgIpc) is 3.35. The smallest absolute Gasteiger partial charge is 0.248 e. The lowest BCUT2D eigenvalue weighted by Gasteiger charge is -2.28. The average molecular weight is 404 g/mol. The largest absolute Gasteiger partial charge is 0.468 e. The summed E-state index contributed by atoms with van der Waals surface area (Å²) in [6, 6.07) is 10.6. The minimum absolute atomic E-state index is 0.0389. The summed E-state index contributed by atoms with van der Waals surface area (Å²) in [5.41, 5.74) is 0.961. The molecule has 0 bridgehead atoms. The Hall–Kier alpha value is -2.22. The van der Waals surface area contributed by atoms with Gasteiger partial charge in [-0.05, 0) is 35.7 Å². The number of ether oxygens (including phenoxy) is 2. The summed E-state index contributed by atoms with van der Waals surface area (Å²) < 4.78 is 29.6. The Bertz CT molecular complexity index is 768. The van der Waals surface area contributed by atoms with Crippen molar-refractivity contribution >= 4 is 5.91 Å². The molecule has 1 aromatic carbocycles. The van der Waals surface area contributed by atoms with E-state index in [0.29, 0.717) is 26.2 Å². The molecule has 0 unspecified atom stereocenters. The second-order valence-electron chi connectivity index (χ2n) is 7.46. The van der Waals surface area contributed by atoms with Crippen LogP contribution in [0.4, 0.5) is 4.39 Å². The maximum Gasteiger partial charge on any atom is 0.248 e. The number of benzene rings is 1. The predicted octanol–water partition coefficient (Wildman–Crippen LogP) is 2.76. The van der Waals surface area contributed by atoms with Gasteiger partial charge in [-0.25, -0.2) is 4.39 Å². The van der Waals surface area contributed by atoms with Crippen LogP contribution in [-0.4, -0.2) is 69.3 Å². The number of carbonyl (C=O) groups is 1. The maximum atomic E-state index is 13.9. The highest BCUT2D eigenvalue weighted by molar-refractivity contribution is 5.77. The fraction of sp³-hybridized carbons (Fsp3) is 0.500. The van der Waals surface area contributed by atoms with Gasteiger partial charge in [-0.1, -0.05) is 12.1 Å². The minimum atomic E-state index is -0.238. The molecule has 29 heavy (non-hydrogen) atoms. The van der Waals surface area contributed by atoms with E-state index < -0.39 is 0 Å². The molecule has 1 aliphatic heterocycles. The van der Waals surface area contributed by atoms with Gasteiger partial charge in [0.05, 0.1) is 19.4 Å². The van der Waals surface area contributed by atoms with E-state index in [1.54, 1.807) is 30.4 Å². The first-order valence-corrected chi connectivity index (χ1v) is 9.86. The number of carbonyl (C=O) groups excluding carboxylic acids is 1. The van der Waals surface area contributed by atoms with Gasteiger partial charge in [0.2, 0.25) is 5.91 Å². The van der Waals surface area contributed by atoms with E-state index in [9.17, 15) is 9.18 Å². The first kappa shape index (κ1) is 21.5. The summed E-state index contributed by atoms with van der Waals surface area (Å²) in [6.07, 6.45) is 1.67. The monoisotopic (exact) mass is 404 g/mol. The summed E-state index contributed by atoms with van der Waals surface area (Å²) >= 11 is 0. The normalized spacial score (nSPS) is 19.6. The Labute approximate surface area is 171 Å². The van der Waals surface area contributed by atoms with Crippen LogP contribution in [0.5, 0.6) is 0 Å². The predicted molar refractivity (Wildman–Crippen MR) is 107 cm³/mol. The third kappa shape index (κ3) is 5.88. The molecule has 1 saturated heterocycles. The lowest BCUT2D eigenvalue weighted by atomic mass is 9.88. The Morgan fingerprint density at radius 1 is 1.24 bits per heavy atom. The molecule has 1 aromatic heterocycles. The molecule has 2 aromatic rings. The molecule has 6 nitrogen and oxygen atoms in total. The highest BCUT2D eigenvalue weighted by Gasteiger charge is 2.36. The Kier molecular flexibility index (Phi) is 7.80. The quantitative estimate of drug-likeness (QED) is 0.610.